The first-order valence-electron chi connectivity index (χ1n) is 3.80. The van der Waals surface area contributed by atoms with Crippen LogP contribution in [0.15, 0.2) is 30.6 Å². The average Bonchev–Trinajstić information content (AvgIpc) is 2.05. The first kappa shape index (κ1) is 9.95. The molecule has 0 amide bonds. The highest BCUT2D eigenvalue weighted by molar-refractivity contribution is 5.57. The molecule has 0 aromatic carbocycles. The van der Waals surface area contributed by atoms with Gasteiger partial charge in [-0.15, -0.1) is 0 Å². The number of hydrogen-bond donors (Lipinski definition) is 0. The van der Waals surface area contributed by atoms with Gasteiger partial charge in [0.25, 0.3) is 0 Å². The van der Waals surface area contributed by atoms with Crippen molar-refractivity contribution in [2.24, 2.45) is 4.99 Å². The molecule has 0 aliphatic carbocycles. The summed E-state index contributed by atoms with van der Waals surface area (Å²) in [5.74, 6) is 0. The van der Waals surface area contributed by atoms with Crippen molar-refractivity contribution in [3.05, 3.63) is 25.6 Å². The molecule has 0 aliphatic heterocycles. The van der Waals surface area contributed by atoms with Crippen molar-refractivity contribution in [1.82, 2.24) is 4.90 Å². The third-order valence-electron chi connectivity index (χ3n) is 1.62. The van der Waals surface area contributed by atoms with Gasteiger partial charge in [0, 0.05) is 12.2 Å². The van der Waals surface area contributed by atoms with Crippen molar-refractivity contribution in [3.63, 3.8) is 0 Å². The molecular formula is C9H16N2. The molecule has 2 heteroatoms. The SMILES string of the molecule is C=C/N=C\N(C=C)C(C)CC. The summed E-state index contributed by atoms with van der Waals surface area (Å²) in [6, 6.07) is 0.455. The van der Waals surface area contributed by atoms with E-state index in [1.54, 1.807) is 12.5 Å². The minimum atomic E-state index is 0.455. The monoisotopic (exact) mass is 152 g/mol. The fourth-order valence-electron chi connectivity index (χ4n) is 0.676. The lowest BCUT2D eigenvalue weighted by molar-refractivity contribution is 0.428. The lowest BCUT2D eigenvalue weighted by Crippen LogP contribution is -2.25. The van der Waals surface area contributed by atoms with Crippen molar-refractivity contribution in [2.75, 3.05) is 0 Å². The number of hydrogen-bond acceptors (Lipinski definition) is 1. The van der Waals surface area contributed by atoms with Crippen LogP contribution in [-0.2, 0) is 0 Å². The summed E-state index contributed by atoms with van der Waals surface area (Å²) in [5.41, 5.74) is 0. The molecule has 0 N–H and O–H groups in total. The van der Waals surface area contributed by atoms with Crippen LogP contribution >= 0.6 is 0 Å². The molecule has 0 spiro atoms. The zero-order valence-electron chi connectivity index (χ0n) is 7.33. The smallest absolute Gasteiger partial charge is 0.0946 e. The van der Waals surface area contributed by atoms with E-state index in [0.29, 0.717) is 6.04 Å². The summed E-state index contributed by atoms with van der Waals surface area (Å²) in [4.78, 5) is 5.87. The lowest BCUT2D eigenvalue weighted by Gasteiger charge is -2.20. The minimum absolute atomic E-state index is 0.455. The van der Waals surface area contributed by atoms with Crippen LogP contribution in [0.4, 0.5) is 0 Å². The second kappa shape index (κ2) is 5.71. The molecule has 0 rings (SSSR count). The van der Waals surface area contributed by atoms with Crippen LogP contribution < -0.4 is 0 Å². The van der Waals surface area contributed by atoms with Crippen molar-refractivity contribution in [1.29, 1.82) is 0 Å². The summed E-state index contributed by atoms with van der Waals surface area (Å²) in [6.07, 6.45) is 6.09. The van der Waals surface area contributed by atoms with Gasteiger partial charge in [0.05, 0.1) is 6.34 Å². The van der Waals surface area contributed by atoms with E-state index in [1.165, 1.54) is 6.20 Å². The van der Waals surface area contributed by atoms with Gasteiger partial charge in [0.2, 0.25) is 0 Å². The molecule has 0 aromatic rings. The van der Waals surface area contributed by atoms with Gasteiger partial charge in [-0.3, -0.25) is 0 Å². The third-order valence-corrected chi connectivity index (χ3v) is 1.62. The van der Waals surface area contributed by atoms with Crippen molar-refractivity contribution in [3.8, 4) is 0 Å². The Bertz CT molecular complexity index is 150. The Morgan fingerprint density at radius 2 is 2.18 bits per heavy atom. The maximum atomic E-state index is 3.91. The van der Waals surface area contributed by atoms with Gasteiger partial charge < -0.3 is 4.90 Å². The predicted molar refractivity (Wildman–Crippen MR) is 50.5 cm³/mol. The quantitative estimate of drug-likeness (QED) is 0.436. The first-order chi connectivity index (χ1) is 5.26. The highest BCUT2D eigenvalue weighted by Gasteiger charge is 2.02. The Morgan fingerprint density at radius 1 is 1.55 bits per heavy atom. The Morgan fingerprint density at radius 3 is 2.55 bits per heavy atom. The molecule has 62 valence electrons. The number of rotatable bonds is 5. The van der Waals surface area contributed by atoms with E-state index in [2.05, 4.69) is 32.0 Å². The van der Waals surface area contributed by atoms with Gasteiger partial charge in [-0.2, -0.15) is 0 Å². The van der Waals surface area contributed by atoms with E-state index in [4.69, 9.17) is 0 Å². The molecule has 0 radical (unpaired) electrons. The minimum Gasteiger partial charge on any atom is -0.337 e. The zero-order valence-corrected chi connectivity index (χ0v) is 7.33. The van der Waals surface area contributed by atoms with E-state index < -0.39 is 0 Å². The Labute approximate surface area is 68.9 Å². The van der Waals surface area contributed by atoms with Crippen LogP contribution in [0.5, 0.6) is 0 Å². The number of aliphatic imine (C=N–C) groups is 1. The third kappa shape index (κ3) is 3.61. The molecule has 0 bridgehead atoms. The molecule has 2 nitrogen and oxygen atoms in total. The normalized spacial score (nSPS) is 12.9. The molecule has 0 heterocycles. The van der Waals surface area contributed by atoms with Gasteiger partial charge in [-0.25, -0.2) is 4.99 Å². The Balaban J connectivity index is 4.03. The molecule has 0 saturated heterocycles. The van der Waals surface area contributed by atoms with Gasteiger partial charge >= 0.3 is 0 Å². The molecule has 0 saturated carbocycles. The second-order valence-corrected chi connectivity index (χ2v) is 2.33. The molecule has 0 aliphatic rings. The summed E-state index contributed by atoms with van der Waals surface area (Å²) in [7, 11) is 0. The maximum Gasteiger partial charge on any atom is 0.0946 e. The summed E-state index contributed by atoms with van der Waals surface area (Å²) < 4.78 is 0. The van der Waals surface area contributed by atoms with E-state index in [-0.39, 0.29) is 0 Å². The maximum absolute atomic E-state index is 3.91. The fraction of sp³-hybridized carbons (Fsp3) is 0.444. The molecule has 0 aromatic heterocycles. The number of nitrogens with zero attached hydrogens (tertiary/aromatic N) is 2. The summed E-state index contributed by atoms with van der Waals surface area (Å²) in [6.45, 7) is 11.4. The predicted octanol–water partition coefficient (Wildman–Crippen LogP) is 2.40. The van der Waals surface area contributed by atoms with Gasteiger partial charge in [-0.05, 0) is 19.5 Å². The molecular weight excluding hydrogens is 136 g/mol. The average molecular weight is 152 g/mol. The highest BCUT2D eigenvalue weighted by Crippen LogP contribution is 2.00. The topological polar surface area (TPSA) is 15.6 Å². The van der Waals surface area contributed by atoms with Gasteiger partial charge in [0.1, 0.15) is 0 Å². The fourth-order valence-corrected chi connectivity index (χ4v) is 0.676. The van der Waals surface area contributed by atoms with E-state index in [1.807, 2.05) is 4.90 Å². The van der Waals surface area contributed by atoms with Gasteiger partial charge in [0.15, 0.2) is 0 Å². The van der Waals surface area contributed by atoms with E-state index >= 15 is 0 Å². The van der Waals surface area contributed by atoms with Crippen LogP contribution in [0.25, 0.3) is 0 Å². The Hall–Kier alpha value is -1.05. The molecule has 1 unspecified atom stereocenters. The molecule has 0 fully saturated rings. The standard InChI is InChI=1S/C9H16N2/c1-5-9(4)11(7-3)8-10-6-2/h6-9H,2-3,5H2,1,4H3/b10-8-. The van der Waals surface area contributed by atoms with Crippen molar-refractivity contribution >= 4 is 6.34 Å². The van der Waals surface area contributed by atoms with Crippen molar-refractivity contribution in [2.45, 2.75) is 26.3 Å². The van der Waals surface area contributed by atoms with Crippen LogP contribution in [0.3, 0.4) is 0 Å². The summed E-state index contributed by atoms with van der Waals surface area (Å²) in [5, 5.41) is 0. The van der Waals surface area contributed by atoms with Gasteiger partial charge in [-0.1, -0.05) is 20.1 Å². The van der Waals surface area contributed by atoms with Crippen LogP contribution in [0.2, 0.25) is 0 Å². The lowest BCUT2D eigenvalue weighted by atomic mass is 10.2. The highest BCUT2D eigenvalue weighted by atomic mass is 15.1. The van der Waals surface area contributed by atoms with Crippen LogP contribution in [0, 0.1) is 0 Å². The largest absolute Gasteiger partial charge is 0.337 e. The molecule has 11 heavy (non-hydrogen) atoms. The van der Waals surface area contributed by atoms with Crippen LogP contribution in [-0.4, -0.2) is 17.3 Å². The first-order valence-corrected chi connectivity index (χ1v) is 3.80. The molecule has 1 atom stereocenters. The van der Waals surface area contributed by atoms with E-state index in [0.717, 1.165) is 6.42 Å². The van der Waals surface area contributed by atoms with Crippen molar-refractivity contribution < 1.29 is 0 Å². The second-order valence-electron chi connectivity index (χ2n) is 2.33. The van der Waals surface area contributed by atoms with E-state index in [9.17, 15) is 0 Å². The Kier molecular flexibility index (Phi) is 5.17. The zero-order chi connectivity index (χ0) is 8.69. The summed E-state index contributed by atoms with van der Waals surface area (Å²) >= 11 is 0. The van der Waals surface area contributed by atoms with Crippen LogP contribution in [0.1, 0.15) is 20.3 Å².